The molecule has 0 amide bonds. The number of aromatic nitrogens is 1. The van der Waals surface area contributed by atoms with Crippen LogP contribution in [0.2, 0.25) is 5.02 Å². The van der Waals surface area contributed by atoms with Crippen molar-refractivity contribution < 1.29 is 13.9 Å². The number of hydrogen-bond acceptors (Lipinski definition) is 5. The molecule has 0 radical (unpaired) electrons. The van der Waals surface area contributed by atoms with Crippen LogP contribution < -0.4 is 5.43 Å². The Kier molecular flexibility index (Phi) is 4.38. The van der Waals surface area contributed by atoms with Crippen LogP contribution in [0.15, 0.2) is 63.8 Å². The first-order chi connectivity index (χ1) is 13.0. The molecule has 0 saturated carbocycles. The Morgan fingerprint density at radius 3 is 2.63 bits per heavy atom. The van der Waals surface area contributed by atoms with Crippen LogP contribution in [0.5, 0.6) is 0 Å². The molecule has 0 aliphatic rings. The minimum Gasteiger partial charge on any atom is -0.453 e. The molecule has 5 nitrogen and oxygen atoms in total. The van der Waals surface area contributed by atoms with Crippen molar-refractivity contribution >= 4 is 39.4 Å². The molecular formula is C21H14ClNO4. The molecule has 4 aromatic rings. The Bertz CT molecular complexity index is 1250. The van der Waals surface area contributed by atoms with Gasteiger partial charge in [0.2, 0.25) is 5.76 Å². The summed E-state index contributed by atoms with van der Waals surface area (Å²) in [5, 5.41) is 1.79. The van der Waals surface area contributed by atoms with Gasteiger partial charge in [0.15, 0.2) is 5.43 Å². The summed E-state index contributed by atoms with van der Waals surface area (Å²) in [5.74, 6) is -0.908. The first-order valence-corrected chi connectivity index (χ1v) is 8.66. The number of carbonyl (C=O) groups excluding carboxylic acids is 1. The Balaban J connectivity index is 1.62. The van der Waals surface area contributed by atoms with Crippen molar-refractivity contribution in [3.05, 3.63) is 86.9 Å². The number of para-hydroxylation sites is 2. The molecule has 0 N–H and O–H groups in total. The van der Waals surface area contributed by atoms with Gasteiger partial charge in [-0.3, -0.25) is 4.79 Å². The fraction of sp³-hybridized carbons (Fsp3) is 0.0952. The van der Waals surface area contributed by atoms with Crippen molar-refractivity contribution in [3.8, 4) is 0 Å². The van der Waals surface area contributed by atoms with Gasteiger partial charge in [-0.2, -0.15) is 0 Å². The van der Waals surface area contributed by atoms with Crippen molar-refractivity contribution in [1.29, 1.82) is 0 Å². The van der Waals surface area contributed by atoms with Gasteiger partial charge >= 0.3 is 5.97 Å². The number of benzene rings is 2. The third-order valence-electron chi connectivity index (χ3n) is 4.32. The largest absolute Gasteiger partial charge is 0.453 e. The van der Waals surface area contributed by atoms with E-state index in [1.807, 2.05) is 31.2 Å². The summed E-state index contributed by atoms with van der Waals surface area (Å²) in [7, 11) is 0. The molecule has 134 valence electrons. The maximum atomic E-state index is 12.3. The topological polar surface area (TPSA) is 69.4 Å². The average Bonchev–Trinajstić information content (AvgIpc) is 2.69. The molecule has 0 unspecified atom stereocenters. The van der Waals surface area contributed by atoms with E-state index in [4.69, 9.17) is 20.8 Å². The first-order valence-electron chi connectivity index (χ1n) is 8.28. The number of hydrogen-bond donors (Lipinski definition) is 0. The Morgan fingerprint density at radius 2 is 1.81 bits per heavy atom. The molecule has 0 fully saturated rings. The summed E-state index contributed by atoms with van der Waals surface area (Å²) in [6, 6.07) is 15.4. The van der Waals surface area contributed by atoms with Crippen LogP contribution in [-0.4, -0.2) is 11.0 Å². The summed E-state index contributed by atoms with van der Waals surface area (Å²) in [4.78, 5) is 28.9. The van der Waals surface area contributed by atoms with Crippen LogP contribution in [0.1, 0.15) is 21.8 Å². The third kappa shape index (κ3) is 3.17. The van der Waals surface area contributed by atoms with E-state index in [9.17, 15) is 9.59 Å². The number of fused-ring (bicyclic) bond motifs is 2. The lowest BCUT2D eigenvalue weighted by Gasteiger charge is -2.10. The lowest BCUT2D eigenvalue weighted by atomic mass is 10.1. The van der Waals surface area contributed by atoms with Crippen LogP contribution in [0.3, 0.4) is 0 Å². The third-order valence-corrected chi connectivity index (χ3v) is 4.82. The number of nitrogens with zero attached hydrogens (tertiary/aromatic N) is 1. The zero-order chi connectivity index (χ0) is 19.0. The van der Waals surface area contributed by atoms with E-state index in [-0.39, 0.29) is 17.8 Å². The minimum absolute atomic E-state index is 0.125. The predicted molar refractivity (Wildman–Crippen MR) is 103 cm³/mol. The van der Waals surface area contributed by atoms with Gasteiger partial charge in [-0.05, 0) is 30.7 Å². The van der Waals surface area contributed by atoms with Gasteiger partial charge in [-0.25, -0.2) is 9.78 Å². The molecule has 4 rings (SSSR count). The lowest BCUT2D eigenvalue weighted by molar-refractivity contribution is 0.0432. The monoisotopic (exact) mass is 379 g/mol. The van der Waals surface area contributed by atoms with Gasteiger partial charge in [0.1, 0.15) is 12.2 Å². The fourth-order valence-electron chi connectivity index (χ4n) is 2.92. The number of carbonyl (C=O) groups is 1. The number of rotatable bonds is 3. The van der Waals surface area contributed by atoms with Crippen LogP contribution >= 0.6 is 11.6 Å². The second-order valence-electron chi connectivity index (χ2n) is 6.06. The summed E-state index contributed by atoms with van der Waals surface area (Å²) >= 11 is 6.38. The molecule has 2 aromatic heterocycles. The molecule has 2 heterocycles. The standard InChI is InChI=1S/C21H14ClNO4/c1-12-13-6-2-4-8-15(13)23-16(20(12)22)11-26-21(25)19-10-17(24)14-7-3-5-9-18(14)27-19/h2-10H,11H2,1H3. The Hall–Kier alpha value is -3.18. The van der Waals surface area contributed by atoms with Crippen LogP contribution in [0.25, 0.3) is 21.9 Å². The summed E-state index contributed by atoms with van der Waals surface area (Å²) in [6.07, 6.45) is 0. The fourth-order valence-corrected chi connectivity index (χ4v) is 3.12. The zero-order valence-corrected chi connectivity index (χ0v) is 15.1. The van der Waals surface area contributed by atoms with Crippen molar-refractivity contribution in [2.45, 2.75) is 13.5 Å². The highest BCUT2D eigenvalue weighted by atomic mass is 35.5. The molecular weight excluding hydrogens is 366 g/mol. The zero-order valence-electron chi connectivity index (χ0n) is 14.4. The predicted octanol–water partition coefficient (Wildman–Crippen LogP) is 4.66. The van der Waals surface area contributed by atoms with Gasteiger partial charge in [0.05, 0.1) is 21.6 Å². The van der Waals surface area contributed by atoms with E-state index in [2.05, 4.69) is 4.98 Å². The van der Waals surface area contributed by atoms with Crippen LogP contribution in [0.4, 0.5) is 0 Å². The maximum Gasteiger partial charge on any atom is 0.374 e. The quantitative estimate of drug-likeness (QED) is 0.484. The van der Waals surface area contributed by atoms with Gasteiger partial charge < -0.3 is 9.15 Å². The molecule has 0 spiro atoms. The maximum absolute atomic E-state index is 12.3. The number of pyridine rings is 1. The Labute approximate surface area is 159 Å². The summed E-state index contributed by atoms with van der Waals surface area (Å²) in [6.45, 7) is 1.76. The average molecular weight is 380 g/mol. The molecule has 0 saturated heterocycles. The number of esters is 1. The second-order valence-corrected chi connectivity index (χ2v) is 6.44. The normalized spacial score (nSPS) is 11.0. The van der Waals surface area contributed by atoms with Crippen LogP contribution in [-0.2, 0) is 11.3 Å². The van der Waals surface area contributed by atoms with E-state index in [0.717, 1.165) is 22.5 Å². The van der Waals surface area contributed by atoms with E-state index in [1.165, 1.54) is 0 Å². The van der Waals surface area contributed by atoms with E-state index < -0.39 is 5.97 Å². The van der Waals surface area contributed by atoms with Crippen LogP contribution in [0, 0.1) is 6.92 Å². The highest BCUT2D eigenvalue weighted by Gasteiger charge is 2.16. The first kappa shape index (κ1) is 17.2. The van der Waals surface area contributed by atoms with E-state index in [0.29, 0.717) is 21.7 Å². The molecule has 0 aliphatic heterocycles. The van der Waals surface area contributed by atoms with Gasteiger partial charge in [-0.15, -0.1) is 0 Å². The molecule has 0 atom stereocenters. The minimum atomic E-state index is -0.749. The van der Waals surface area contributed by atoms with E-state index in [1.54, 1.807) is 24.3 Å². The van der Waals surface area contributed by atoms with Crippen molar-refractivity contribution in [2.75, 3.05) is 0 Å². The molecule has 27 heavy (non-hydrogen) atoms. The highest BCUT2D eigenvalue weighted by Crippen LogP contribution is 2.27. The van der Waals surface area contributed by atoms with Gasteiger partial charge in [0.25, 0.3) is 0 Å². The van der Waals surface area contributed by atoms with Gasteiger partial charge in [-0.1, -0.05) is 41.9 Å². The van der Waals surface area contributed by atoms with Gasteiger partial charge in [0, 0.05) is 11.5 Å². The van der Waals surface area contributed by atoms with Crippen molar-refractivity contribution in [3.63, 3.8) is 0 Å². The van der Waals surface area contributed by atoms with Crippen molar-refractivity contribution in [2.24, 2.45) is 0 Å². The number of ether oxygens (including phenoxy) is 1. The molecule has 0 bridgehead atoms. The smallest absolute Gasteiger partial charge is 0.374 e. The SMILES string of the molecule is Cc1c(Cl)c(COC(=O)c2cc(=O)c3ccccc3o2)nc2ccccc12. The number of halogens is 1. The molecule has 2 aromatic carbocycles. The number of aryl methyl sites for hydroxylation is 1. The van der Waals surface area contributed by atoms with E-state index >= 15 is 0 Å². The molecule has 6 heteroatoms. The van der Waals surface area contributed by atoms with Crippen molar-refractivity contribution in [1.82, 2.24) is 4.98 Å². The highest BCUT2D eigenvalue weighted by molar-refractivity contribution is 6.32. The summed E-state index contributed by atoms with van der Waals surface area (Å²) < 4.78 is 10.8. The Morgan fingerprint density at radius 1 is 1.11 bits per heavy atom. The summed E-state index contributed by atoms with van der Waals surface area (Å²) in [5.41, 5.74) is 2.11. The second kappa shape index (κ2) is 6.85. The lowest BCUT2D eigenvalue weighted by Crippen LogP contribution is -2.11. The molecule has 0 aliphatic carbocycles.